The van der Waals surface area contributed by atoms with Gasteiger partial charge in [0.05, 0.1) is 5.75 Å². The molecule has 1 aromatic rings. The highest BCUT2D eigenvalue weighted by Crippen LogP contribution is 2.35. The first kappa shape index (κ1) is 22.0. The first-order valence-corrected chi connectivity index (χ1v) is 11.7. The van der Waals surface area contributed by atoms with Crippen LogP contribution in [0.4, 0.5) is 0 Å². The van der Waals surface area contributed by atoms with E-state index in [4.69, 9.17) is 16.3 Å². The Morgan fingerprint density at radius 3 is 2.67 bits per heavy atom. The lowest BCUT2D eigenvalue weighted by Gasteiger charge is -2.38. The first-order valence-electron chi connectivity index (χ1n) is 9.23. The van der Waals surface area contributed by atoms with E-state index >= 15 is 0 Å². The summed E-state index contributed by atoms with van der Waals surface area (Å²) >= 11 is 6.22. The summed E-state index contributed by atoms with van der Waals surface area (Å²) in [4.78, 5) is 4.29. The predicted octanol–water partition coefficient (Wildman–Crippen LogP) is 2.38. The van der Waals surface area contributed by atoms with Gasteiger partial charge in [0.1, 0.15) is 9.84 Å². The van der Waals surface area contributed by atoms with E-state index < -0.39 is 9.84 Å². The molecule has 0 amide bonds. The molecule has 1 heterocycles. The highest BCUT2D eigenvalue weighted by Gasteiger charge is 2.34. The van der Waals surface area contributed by atoms with Crippen LogP contribution in [-0.4, -0.2) is 59.2 Å². The Morgan fingerprint density at radius 1 is 1.37 bits per heavy atom. The van der Waals surface area contributed by atoms with Gasteiger partial charge in [-0.25, -0.2) is 8.42 Å². The third-order valence-corrected chi connectivity index (χ3v) is 6.22. The second-order valence-electron chi connectivity index (χ2n) is 7.29. The van der Waals surface area contributed by atoms with Gasteiger partial charge >= 0.3 is 0 Å². The molecule has 0 bridgehead atoms. The van der Waals surface area contributed by atoms with E-state index in [1.165, 1.54) is 11.8 Å². The Labute approximate surface area is 167 Å². The number of hydrogen-bond acceptors (Lipinski definition) is 4. The first-order chi connectivity index (χ1) is 12.7. The normalized spacial score (nSPS) is 18.7. The maximum Gasteiger partial charge on any atom is 0.191 e. The molecule has 0 aromatic heterocycles. The van der Waals surface area contributed by atoms with Crippen LogP contribution < -0.4 is 10.6 Å². The molecule has 6 nitrogen and oxygen atoms in total. The molecular weight excluding hydrogens is 386 g/mol. The van der Waals surface area contributed by atoms with Crippen molar-refractivity contribution < 1.29 is 13.2 Å². The fraction of sp³-hybridized carbons (Fsp3) is 0.632. The number of guanidine groups is 1. The zero-order chi connectivity index (χ0) is 19.9. The van der Waals surface area contributed by atoms with Crippen molar-refractivity contribution in [1.29, 1.82) is 0 Å². The van der Waals surface area contributed by atoms with Gasteiger partial charge in [0.15, 0.2) is 5.96 Å². The van der Waals surface area contributed by atoms with E-state index in [1.807, 2.05) is 25.1 Å². The summed E-state index contributed by atoms with van der Waals surface area (Å²) < 4.78 is 28.3. The smallest absolute Gasteiger partial charge is 0.191 e. The van der Waals surface area contributed by atoms with E-state index in [2.05, 4.69) is 21.7 Å². The fourth-order valence-corrected chi connectivity index (χ4v) is 4.26. The summed E-state index contributed by atoms with van der Waals surface area (Å²) in [7, 11) is -1.25. The molecule has 152 valence electrons. The van der Waals surface area contributed by atoms with E-state index in [9.17, 15) is 8.42 Å². The van der Waals surface area contributed by atoms with Gasteiger partial charge in [-0.1, -0.05) is 23.7 Å². The third-order valence-electron chi connectivity index (χ3n) is 5.01. The molecule has 0 aliphatic carbocycles. The Kier molecular flexibility index (Phi) is 7.94. The summed E-state index contributed by atoms with van der Waals surface area (Å²) in [6, 6.07) is 8.01. The number of sulfone groups is 1. The van der Waals surface area contributed by atoms with Gasteiger partial charge in [-0.2, -0.15) is 0 Å². The number of hydrogen-bond donors (Lipinski definition) is 2. The minimum Gasteiger partial charge on any atom is -0.381 e. The molecule has 0 saturated carbocycles. The van der Waals surface area contributed by atoms with Gasteiger partial charge < -0.3 is 15.4 Å². The van der Waals surface area contributed by atoms with E-state index in [0.717, 1.165) is 17.9 Å². The molecule has 1 fully saturated rings. The van der Waals surface area contributed by atoms with Crippen LogP contribution in [0.1, 0.15) is 31.7 Å². The summed E-state index contributed by atoms with van der Waals surface area (Å²) in [6.45, 7) is 4.09. The van der Waals surface area contributed by atoms with E-state index in [0.29, 0.717) is 32.1 Å². The largest absolute Gasteiger partial charge is 0.381 e. The minimum absolute atomic E-state index is 0.00253. The fourth-order valence-electron chi connectivity index (χ4n) is 3.29. The van der Waals surface area contributed by atoms with Crippen LogP contribution in [0.3, 0.4) is 0 Å². The molecule has 0 spiro atoms. The topological polar surface area (TPSA) is 79.8 Å². The zero-order valence-electron chi connectivity index (χ0n) is 16.3. The molecule has 1 aliphatic heterocycles. The van der Waals surface area contributed by atoms with Crippen molar-refractivity contribution in [2.45, 2.75) is 37.6 Å². The summed E-state index contributed by atoms with van der Waals surface area (Å²) in [5, 5.41) is 7.42. The van der Waals surface area contributed by atoms with Crippen molar-refractivity contribution in [2.24, 2.45) is 4.99 Å². The molecule has 27 heavy (non-hydrogen) atoms. The average Bonchev–Trinajstić information content (AvgIpc) is 2.63. The zero-order valence-corrected chi connectivity index (χ0v) is 17.9. The quantitative estimate of drug-likeness (QED) is 0.528. The summed E-state index contributed by atoms with van der Waals surface area (Å²) in [5.74, 6) is 0.825. The standard InChI is InChI=1S/C19H30ClN3O3S/c1-15(7-12-27(3,24)25)23-18(21-2)22-14-19(8-10-26-11-9-19)16-5-4-6-17(20)13-16/h4-6,13,15H,7-12,14H2,1-3H3,(H2,21,22,23). The van der Waals surface area contributed by atoms with Crippen molar-refractivity contribution in [3.05, 3.63) is 34.9 Å². The molecule has 1 unspecified atom stereocenters. The van der Waals surface area contributed by atoms with Gasteiger partial charge in [-0.3, -0.25) is 4.99 Å². The van der Waals surface area contributed by atoms with Crippen LogP contribution in [-0.2, 0) is 20.0 Å². The Hall–Kier alpha value is -1.31. The molecule has 8 heteroatoms. The van der Waals surface area contributed by atoms with Crippen molar-refractivity contribution >= 4 is 27.4 Å². The van der Waals surface area contributed by atoms with Crippen LogP contribution in [0.5, 0.6) is 0 Å². The number of benzene rings is 1. The van der Waals surface area contributed by atoms with Gasteiger partial charge in [0, 0.05) is 49.5 Å². The van der Waals surface area contributed by atoms with Crippen LogP contribution in [0, 0.1) is 0 Å². The van der Waals surface area contributed by atoms with Crippen LogP contribution in [0.2, 0.25) is 5.02 Å². The molecule has 1 aromatic carbocycles. The van der Waals surface area contributed by atoms with Gasteiger partial charge in [0.25, 0.3) is 0 Å². The number of rotatable bonds is 7. The highest BCUT2D eigenvalue weighted by molar-refractivity contribution is 7.90. The molecule has 0 radical (unpaired) electrons. The Balaban J connectivity index is 2.03. The molecule has 2 N–H and O–H groups in total. The van der Waals surface area contributed by atoms with Crippen LogP contribution in [0.25, 0.3) is 0 Å². The van der Waals surface area contributed by atoms with Gasteiger partial charge in [-0.15, -0.1) is 0 Å². The molecule has 2 rings (SSSR count). The lowest BCUT2D eigenvalue weighted by atomic mass is 9.74. The maximum absolute atomic E-state index is 11.4. The molecule has 1 aliphatic rings. The van der Waals surface area contributed by atoms with Crippen molar-refractivity contribution in [3.63, 3.8) is 0 Å². The monoisotopic (exact) mass is 415 g/mol. The molecule has 1 saturated heterocycles. The molecule has 1 atom stereocenters. The van der Waals surface area contributed by atoms with Crippen LogP contribution in [0.15, 0.2) is 29.3 Å². The van der Waals surface area contributed by atoms with E-state index in [-0.39, 0.29) is 17.2 Å². The van der Waals surface area contributed by atoms with Crippen molar-refractivity contribution in [2.75, 3.05) is 38.8 Å². The molecular formula is C19H30ClN3O3S. The average molecular weight is 416 g/mol. The number of halogens is 1. The van der Waals surface area contributed by atoms with Crippen molar-refractivity contribution in [3.8, 4) is 0 Å². The predicted molar refractivity (Wildman–Crippen MR) is 111 cm³/mol. The Bertz CT molecular complexity index is 746. The second kappa shape index (κ2) is 9.75. The van der Waals surface area contributed by atoms with Gasteiger partial charge in [0.2, 0.25) is 0 Å². The SMILES string of the molecule is CN=C(NCC1(c2cccc(Cl)c2)CCOCC1)NC(C)CCS(C)(=O)=O. The lowest BCUT2D eigenvalue weighted by molar-refractivity contribution is 0.0513. The number of nitrogens with one attached hydrogen (secondary N) is 2. The number of ether oxygens (including phenoxy) is 1. The Morgan fingerprint density at radius 2 is 2.07 bits per heavy atom. The third kappa shape index (κ3) is 6.97. The highest BCUT2D eigenvalue weighted by atomic mass is 35.5. The van der Waals surface area contributed by atoms with E-state index in [1.54, 1.807) is 7.05 Å². The second-order valence-corrected chi connectivity index (χ2v) is 9.99. The summed E-state index contributed by atoms with van der Waals surface area (Å²) in [6.07, 6.45) is 3.60. The van der Waals surface area contributed by atoms with Crippen molar-refractivity contribution in [1.82, 2.24) is 10.6 Å². The van der Waals surface area contributed by atoms with Gasteiger partial charge in [-0.05, 0) is 43.9 Å². The summed E-state index contributed by atoms with van der Waals surface area (Å²) in [5.41, 5.74) is 1.13. The van der Waals surface area contributed by atoms with Crippen LogP contribution >= 0.6 is 11.6 Å². The maximum atomic E-state index is 11.4. The minimum atomic E-state index is -2.97. The lowest BCUT2D eigenvalue weighted by Crippen LogP contribution is -2.49. The number of nitrogens with zero attached hydrogens (tertiary/aromatic N) is 1. The number of aliphatic imine (C=N–C) groups is 1.